The first-order chi connectivity index (χ1) is 13.5. The molecule has 7 nitrogen and oxygen atoms in total. The van der Waals surface area contributed by atoms with Gasteiger partial charge in [-0.3, -0.25) is 14.6 Å². The highest BCUT2D eigenvalue weighted by atomic mass is 32.2. The van der Waals surface area contributed by atoms with E-state index in [1.165, 1.54) is 0 Å². The van der Waals surface area contributed by atoms with Gasteiger partial charge in [-0.25, -0.2) is 4.98 Å². The van der Waals surface area contributed by atoms with Crippen molar-refractivity contribution in [3.8, 4) is 11.5 Å². The molecule has 1 unspecified atom stereocenters. The van der Waals surface area contributed by atoms with Crippen molar-refractivity contribution in [3.05, 3.63) is 41.2 Å². The lowest BCUT2D eigenvalue weighted by Gasteiger charge is -2.12. The molecule has 1 atom stereocenters. The van der Waals surface area contributed by atoms with Gasteiger partial charge in [0.25, 0.3) is 0 Å². The number of aryl methyl sites for hydroxylation is 1. The van der Waals surface area contributed by atoms with Gasteiger partial charge in [-0.15, -0.1) is 0 Å². The number of esters is 1. The summed E-state index contributed by atoms with van der Waals surface area (Å²) in [6, 6.07) is 5.31. The number of nitrogens with zero attached hydrogens (tertiary/aromatic N) is 2. The third kappa shape index (κ3) is 3.64. The van der Waals surface area contributed by atoms with E-state index >= 15 is 0 Å². The van der Waals surface area contributed by atoms with Gasteiger partial charge < -0.3 is 14.5 Å². The summed E-state index contributed by atoms with van der Waals surface area (Å²) < 4.78 is 19.4. The maximum absolute atomic E-state index is 11.8. The molecule has 0 spiro atoms. The van der Waals surface area contributed by atoms with E-state index in [0.29, 0.717) is 16.7 Å². The highest BCUT2D eigenvalue weighted by molar-refractivity contribution is 7.85. The predicted octanol–water partition coefficient (Wildman–Crippen LogP) is 3.84. The summed E-state index contributed by atoms with van der Waals surface area (Å²) in [5.74, 6) is 1.65. The summed E-state index contributed by atoms with van der Waals surface area (Å²) in [4.78, 5) is 24.1. The number of methoxy groups -OCH3 is 1. The van der Waals surface area contributed by atoms with Crippen molar-refractivity contribution in [3.63, 3.8) is 0 Å². The second-order valence-corrected chi connectivity index (χ2v) is 8.45. The minimum Gasteiger partial charge on any atom is -0.496 e. The molecule has 0 amide bonds. The van der Waals surface area contributed by atoms with Crippen LogP contribution in [0.4, 0.5) is 0 Å². The number of fused-ring (bicyclic) bond motifs is 1. The molecule has 0 aliphatic heterocycles. The zero-order chi connectivity index (χ0) is 19.8. The molecule has 2 aromatic heterocycles. The van der Waals surface area contributed by atoms with Crippen LogP contribution in [0.1, 0.15) is 29.7 Å². The van der Waals surface area contributed by atoms with Crippen molar-refractivity contribution in [2.24, 2.45) is 5.92 Å². The Morgan fingerprint density at radius 2 is 2.14 bits per heavy atom. The van der Waals surface area contributed by atoms with Gasteiger partial charge in [-0.05, 0) is 49.5 Å². The number of benzene rings is 1. The Labute approximate surface area is 165 Å². The number of pyridine rings is 1. The highest BCUT2D eigenvalue weighted by Gasteiger charge is 2.31. The van der Waals surface area contributed by atoms with E-state index in [1.807, 2.05) is 13.8 Å². The van der Waals surface area contributed by atoms with Crippen LogP contribution in [0.25, 0.3) is 11.0 Å². The van der Waals surface area contributed by atoms with Gasteiger partial charge in [0.2, 0.25) is 0 Å². The van der Waals surface area contributed by atoms with Gasteiger partial charge in [-0.2, -0.15) is 0 Å². The highest BCUT2D eigenvalue weighted by Crippen LogP contribution is 2.31. The second kappa shape index (κ2) is 7.35. The van der Waals surface area contributed by atoms with Crippen molar-refractivity contribution in [2.45, 2.75) is 37.6 Å². The lowest BCUT2D eigenvalue weighted by atomic mass is 10.1. The number of rotatable bonds is 6. The van der Waals surface area contributed by atoms with Crippen LogP contribution in [0.3, 0.4) is 0 Å². The zero-order valence-corrected chi connectivity index (χ0v) is 16.9. The topological polar surface area (TPSA) is 101 Å². The quantitative estimate of drug-likeness (QED) is 0.485. The minimum absolute atomic E-state index is 0.0503. The fraction of sp³-hybridized carbons (Fsp3) is 0.350. The molecule has 1 aliphatic rings. The molecule has 2 N–H and O–H groups in total. The summed E-state index contributed by atoms with van der Waals surface area (Å²) in [5, 5.41) is 0.585. The van der Waals surface area contributed by atoms with Gasteiger partial charge in [0, 0.05) is 23.4 Å². The van der Waals surface area contributed by atoms with Crippen molar-refractivity contribution >= 4 is 27.7 Å². The van der Waals surface area contributed by atoms with Crippen LogP contribution in [0, 0.1) is 24.5 Å². The summed E-state index contributed by atoms with van der Waals surface area (Å²) in [7, 11) is 0.744. The average Bonchev–Trinajstić information content (AvgIpc) is 3.44. The molecule has 0 bridgehead atoms. The number of aromatic amines is 1. The smallest absolute Gasteiger partial charge is 0.314 e. The number of carbonyl (C=O) groups is 1. The zero-order valence-electron chi connectivity index (χ0n) is 16.0. The molecule has 0 radical (unpaired) electrons. The number of imidazole rings is 1. The maximum atomic E-state index is 11.8. The lowest BCUT2D eigenvalue weighted by molar-refractivity contribution is -0.135. The summed E-state index contributed by atoms with van der Waals surface area (Å²) in [5.41, 5.74) is 4.27. The number of ether oxygens (including phenoxy) is 2. The van der Waals surface area contributed by atoms with Crippen LogP contribution in [0.5, 0.6) is 11.5 Å². The monoisotopic (exact) mass is 398 g/mol. The van der Waals surface area contributed by atoms with E-state index in [4.69, 9.17) is 14.3 Å². The van der Waals surface area contributed by atoms with Crippen molar-refractivity contribution in [1.29, 1.82) is 4.78 Å². The molecule has 0 saturated heterocycles. The third-order valence-electron chi connectivity index (χ3n) is 4.82. The van der Waals surface area contributed by atoms with Gasteiger partial charge in [0.05, 0.1) is 35.5 Å². The molecule has 4 rings (SSSR count). The Kier molecular flexibility index (Phi) is 4.89. The summed E-state index contributed by atoms with van der Waals surface area (Å²) in [6.45, 7) is 3.92. The molecule has 1 aromatic carbocycles. The number of carbonyl (C=O) groups excluding carboxylic acids is 1. The normalized spacial score (nSPS) is 14.8. The first-order valence-corrected chi connectivity index (χ1v) is 10.5. The molecule has 146 valence electrons. The Morgan fingerprint density at radius 1 is 1.36 bits per heavy atom. The fourth-order valence-electron chi connectivity index (χ4n) is 3.09. The van der Waals surface area contributed by atoms with Crippen molar-refractivity contribution in [2.75, 3.05) is 7.11 Å². The Balaban J connectivity index is 1.55. The van der Waals surface area contributed by atoms with Crippen molar-refractivity contribution in [1.82, 2.24) is 15.0 Å². The van der Waals surface area contributed by atoms with E-state index in [2.05, 4.69) is 15.0 Å². The van der Waals surface area contributed by atoms with Crippen LogP contribution in [-0.2, 0) is 21.2 Å². The second-order valence-electron chi connectivity index (χ2n) is 7.00. The summed E-state index contributed by atoms with van der Waals surface area (Å²) in [6.07, 6.45) is 3.60. The summed E-state index contributed by atoms with van der Waals surface area (Å²) >= 11 is 0. The van der Waals surface area contributed by atoms with E-state index in [9.17, 15) is 4.79 Å². The molecular formula is C20H22N4O3S. The minimum atomic E-state index is -0.901. The Bertz CT molecular complexity index is 1090. The first kappa shape index (κ1) is 18.6. The number of H-pyrrole nitrogens is 1. The standard InChI is InChI=1S/C20H22N4O3S/c1-11-9-22-17(12(2)18(11)26-3)10-28(21)20-23-15-7-6-14(8-16(15)24-20)27-19(25)13-4-5-13/h6-9,13,21H,4-5,10H2,1-3H3,(H,23,24). The van der Waals surface area contributed by atoms with Gasteiger partial charge in [-0.1, -0.05) is 0 Å². The predicted molar refractivity (Wildman–Crippen MR) is 107 cm³/mol. The molecular weight excluding hydrogens is 376 g/mol. The van der Waals surface area contributed by atoms with E-state index < -0.39 is 10.7 Å². The fourth-order valence-corrected chi connectivity index (χ4v) is 4.23. The average molecular weight is 398 g/mol. The number of hydrogen-bond acceptors (Lipinski definition) is 6. The van der Waals surface area contributed by atoms with Crippen LogP contribution in [0.2, 0.25) is 0 Å². The molecule has 8 heteroatoms. The van der Waals surface area contributed by atoms with Crippen molar-refractivity contribution < 1.29 is 14.3 Å². The largest absolute Gasteiger partial charge is 0.496 e. The molecule has 1 fully saturated rings. The van der Waals surface area contributed by atoms with Crippen LogP contribution in [0.15, 0.2) is 29.6 Å². The Morgan fingerprint density at radius 3 is 2.86 bits per heavy atom. The van der Waals surface area contributed by atoms with Crippen LogP contribution >= 0.6 is 0 Å². The molecule has 1 saturated carbocycles. The molecule has 28 heavy (non-hydrogen) atoms. The Hall–Kier alpha value is -2.74. The van der Waals surface area contributed by atoms with Gasteiger partial charge in [0.1, 0.15) is 11.5 Å². The van der Waals surface area contributed by atoms with E-state index in [-0.39, 0.29) is 11.9 Å². The van der Waals surface area contributed by atoms with Crippen LogP contribution in [-0.4, -0.2) is 28.0 Å². The molecule has 1 aliphatic carbocycles. The maximum Gasteiger partial charge on any atom is 0.314 e. The third-order valence-corrected chi connectivity index (χ3v) is 6.05. The van der Waals surface area contributed by atoms with Gasteiger partial charge in [0.15, 0.2) is 5.16 Å². The van der Waals surface area contributed by atoms with Gasteiger partial charge >= 0.3 is 5.97 Å². The SMILES string of the molecule is COc1c(C)cnc(CS(=N)c2nc3ccc(OC(=O)C4CC4)cc3[nH]2)c1C. The van der Waals surface area contributed by atoms with E-state index in [1.54, 1.807) is 31.5 Å². The lowest BCUT2D eigenvalue weighted by Crippen LogP contribution is -2.09. The van der Waals surface area contributed by atoms with E-state index in [0.717, 1.165) is 46.4 Å². The number of hydrogen-bond donors (Lipinski definition) is 2. The molecule has 3 aromatic rings. The molecule has 2 heterocycles. The number of aromatic nitrogens is 3. The number of nitrogens with one attached hydrogen (secondary N) is 2. The first-order valence-electron chi connectivity index (χ1n) is 9.09. The van der Waals surface area contributed by atoms with Crippen LogP contribution < -0.4 is 9.47 Å².